The summed E-state index contributed by atoms with van der Waals surface area (Å²) in [5, 5.41) is 9.58. The molecule has 8 nitrogen and oxygen atoms in total. The number of hydrogen-bond donors (Lipinski definition) is 1. The molecule has 1 aliphatic rings. The smallest absolute Gasteiger partial charge is 0.331 e. The van der Waals surface area contributed by atoms with Crippen LogP contribution in [0.15, 0.2) is 42.5 Å². The lowest BCUT2D eigenvalue weighted by Gasteiger charge is -2.21. The van der Waals surface area contributed by atoms with Crippen molar-refractivity contribution in [3.63, 3.8) is 0 Å². The molecule has 3 rings (SSSR count). The molecule has 1 aliphatic heterocycles. The van der Waals surface area contributed by atoms with Gasteiger partial charge in [0.1, 0.15) is 13.2 Å². The van der Waals surface area contributed by atoms with E-state index < -0.39 is 5.97 Å². The zero-order chi connectivity index (χ0) is 21.5. The summed E-state index contributed by atoms with van der Waals surface area (Å²) in [5.74, 6) is 0.652. The molecule has 0 unspecified atom stereocenters. The summed E-state index contributed by atoms with van der Waals surface area (Å²) in [6.45, 7) is 0.982. The molecular formula is C22H23NO7. The molecule has 8 heteroatoms. The maximum Gasteiger partial charge on any atom is 0.331 e. The van der Waals surface area contributed by atoms with Crippen LogP contribution in [0.2, 0.25) is 0 Å². The normalized spacial score (nSPS) is 12.5. The van der Waals surface area contributed by atoms with Crippen molar-refractivity contribution in [1.29, 1.82) is 0 Å². The summed E-state index contributed by atoms with van der Waals surface area (Å²) in [4.78, 5) is 25.6. The van der Waals surface area contributed by atoms with E-state index in [1.165, 1.54) is 30.2 Å². The van der Waals surface area contributed by atoms with E-state index in [2.05, 4.69) is 0 Å². The lowest BCUT2D eigenvalue weighted by molar-refractivity contribution is -0.147. The van der Waals surface area contributed by atoms with Crippen molar-refractivity contribution < 1.29 is 33.6 Å². The number of phenols is 1. The van der Waals surface area contributed by atoms with Crippen molar-refractivity contribution >= 4 is 18.0 Å². The van der Waals surface area contributed by atoms with Crippen LogP contribution in [0.1, 0.15) is 11.1 Å². The van der Waals surface area contributed by atoms with Gasteiger partial charge in [-0.25, -0.2) is 4.79 Å². The van der Waals surface area contributed by atoms with Crippen molar-refractivity contribution in [1.82, 2.24) is 4.90 Å². The Kier molecular flexibility index (Phi) is 6.79. The number of fused-ring (bicyclic) bond motifs is 1. The van der Waals surface area contributed by atoms with Gasteiger partial charge in [-0.2, -0.15) is 0 Å². The van der Waals surface area contributed by atoms with Crippen molar-refractivity contribution in [3.05, 3.63) is 53.6 Å². The molecule has 0 saturated heterocycles. The van der Waals surface area contributed by atoms with Gasteiger partial charge in [0, 0.05) is 19.7 Å². The van der Waals surface area contributed by atoms with E-state index in [1.807, 2.05) is 18.2 Å². The monoisotopic (exact) mass is 413 g/mol. The maximum absolute atomic E-state index is 12.3. The quantitative estimate of drug-likeness (QED) is 0.550. The molecule has 0 bridgehead atoms. The number of likely N-dealkylation sites (N-methyl/N-ethyl adjacent to an activating group) is 1. The third-order valence-electron chi connectivity index (χ3n) is 4.41. The number of carbonyl (C=O) groups excluding carboxylic acids is 2. The van der Waals surface area contributed by atoms with Gasteiger partial charge in [0.2, 0.25) is 0 Å². The van der Waals surface area contributed by atoms with Gasteiger partial charge >= 0.3 is 5.97 Å². The Morgan fingerprint density at radius 1 is 1.13 bits per heavy atom. The lowest BCUT2D eigenvalue weighted by Crippen LogP contribution is -2.30. The van der Waals surface area contributed by atoms with E-state index in [9.17, 15) is 14.7 Å². The lowest BCUT2D eigenvalue weighted by atomic mass is 10.2. The first kappa shape index (κ1) is 21.0. The van der Waals surface area contributed by atoms with E-state index in [0.29, 0.717) is 42.6 Å². The molecule has 2 aromatic carbocycles. The molecular weight excluding hydrogens is 390 g/mol. The van der Waals surface area contributed by atoms with Crippen molar-refractivity contribution in [2.24, 2.45) is 0 Å². The molecule has 0 radical (unpaired) electrons. The molecule has 0 spiro atoms. The third-order valence-corrected chi connectivity index (χ3v) is 4.41. The molecule has 0 fully saturated rings. The molecule has 2 aromatic rings. The maximum atomic E-state index is 12.3. The molecule has 1 heterocycles. The zero-order valence-electron chi connectivity index (χ0n) is 16.8. The fourth-order valence-electron chi connectivity index (χ4n) is 2.80. The number of rotatable bonds is 7. The van der Waals surface area contributed by atoms with Crippen molar-refractivity contribution in [3.8, 4) is 23.0 Å². The summed E-state index contributed by atoms with van der Waals surface area (Å²) >= 11 is 0. The number of carbonyl (C=O) groups is 2. The average molecular weight is 413 g/mol. The summed E-state index contributed by atoms with van der Waals surface area (Å²) in [6.07, 6.45) is 2.72. The molecule has 1 N–H and O–H groups in total. The molecule has 1 amide bonds. The molecule has 158 valence electrons. The molecule has 0 atom stereocenters. The first-order valence-corrected chi connectivity index (χ1v) is 9.30. The molecule has 30 heavy (non-hydrogen) atoms. The highest BCUT2D eigenvalue weighted by Crippen LogP contribution is 2.31. The van der Waals surface area contributed by atoms with E-state index in [1.54, 1.807) is 19.2 Å². The van der Waals surface area contributed by atoms with Crippen LogP contribution in [0, 0.1) is 0 Å². The van der Waals surface area contributed by atoms with Gasteiger partial charge in [-0.3, -0.25) is 4.79 Å². The largest absolute Gasteiger partial charge is 0.504 e. The van der Waals surface area contributed by atoms with Gasteiger partial charge in [0.25, 0.3) is 5.91 Å². The van der Waals surface area contributed by atoms with Crippen LogP contribution in [-0.2, 0) is 20.9 Å². The Bertz CT molecular complexity index is 954. The number of benzene rings is 2. The van der Waals surface area contributed by atoms with E-state index in [0.717, 1.165) is 5.56 Å². The van der Waals surface area contributed by atoms with Crippen LogP contribution in [-0.4, -0.2) is 55.9 Å². The minimum Gasteiger partial charge on any atom is -0.504 e. The summed E-state index contributed by atoms with van der Waals surface area (Å²) in [6, 6.07) is 10.2. The van der Waals surface area contributed by atoms with Crippen molar-refractivity contribution in [2.75, 3.05) is 34.0 Å². The Balaban J connectivity index is 1.49. The van der Waals surface area contributed by atoms with Gasteiger partial charge in [0.05, 0.1) is 7.11 Å². The Hall–Kier alpha value is -3.68. The topological polar surface area (TPSA) is 94.5 Å². The summed E-state index contributed by atoms with van der Waals surface area (Å²) in [7, 11) is 3.06. The molecule has 0 saturated carbocycles. The predicted molar refractivity (Wildman–Crippen MR) is 109 cm³/mol. The van der Waals surface area contributed by atoms with Crippen LogP contribution in [0.5, 0.6) is 23.0 Å². The van der Waals surface area contributed by atoms with Crippen LogP contribution >= 0.6 is 0 Å². The second-order valence-corrected chi connectivity index (χ2v) is 6.60. The van der Waals surface area contributed by atoms with Gasteiger partial charge in [0.15, 0.2) is 29.6 Å². The fourth-order valence-corrected chi connectivity index (χ4v) is 2.80. The van der Waals surface area contributed by atoms with Gasteiger partial charge in [-0.15, -0.1) is 0 Å². The Morgan fingerprint density at radius 2 is 1.90 bits per heavy atom. The number of ether oxygens (including phenoxy) is 4. The number of esters is 1. The number of hydrogen-bond acceptors (Lipinski definition) is 7. The first-order chi connectivity index (χ1) is 14.5. The number of aromatic hydroxyl groups is 1. The van der Waals surface area contributed by atoms with Gasteiger partial charge in [-0.1, -0.05) is 12.1 Å². The number of nitrogens with zero attached hydrogens (tertiary/aromatic N) is 1. The number of methoxy groups -OCH3 is 1. The standard InChI is InChI=1S/C22H23NO7/c1-23(13-16-4-7-18-20(12-16)29-10-9-28-18)21(25)14-30-22(26)8-5-15-3-6-17(24)19(11-15)27-2/h3-8,11-12,24H,9-10,13-14H2,1-2H3/b8-5+. The van der Waals surface area contributed by atoms with Crippen LogP contribution in [0.25, 0.3) is 6.08 Å². The van der Waals surface area contributed by atoms with Crippen LogP contribution in [0.4, 0.5) is 0 Å². The third kappa shape index (κ3) is 5.44. The average Bonchev–Trinajstić information content (AvgIpc) is 2.76. The number of phenolic OH excluding ortho intramolecular Hbond substituents is 1. The molecule has 0 aliphatic carbocycles. The van der Waals surface area contributed by atoms with Crippen LogP contribution < -0.4 is 14.2 Å². The van der Waals surface area contributed by atoms with E-state index in [4.69, 9.17) is 18.9 Å². The van der Waals surface area contributed by atoms with Crippen LogP contribution in [0.3, 0.4) is 0 Å². The highest BCUT2D eigenvalue weighted by atomic mass is 16.6. The minimum atomic E-state index is -0.650. The van der Waals surface area contributed by atoms with Gasteiger partial charge in [-0.05, 0) is 41.5 Å². The Labute approximate surface area is 174 Å². The van der Waals surface area contributed by atoms with E-state index in [-0.39, 0.29) is 18.3 Å². The predicted octanol–water partition coefficient (Wildman–Crippen LogP) is 2.39. The van der Waals surface area contributed by atoms with E-state index >= 15 is 0 Å². The second kappa shape index (κ2) is 9.69. The summed E-state index contributed by atoms with van der Waals surface area (Å²) < 4.78 is 21.0. The second-order valence-electron chi connectivity index (χ2n) is 6.60. The number of amides is 1. The zero-order valence-corrected chi connectivity index (χ0v) is 16.8. The fraction of sp³-hybridized carbons (Fsp3) is 0.273. The van der Waals surface area contributed by atoms with Gasteiger partial charge < -0.3 is 29.0 Å². The SMILES string of the molecule is COc1cc(/C=C/C(=O)OCC(=O)N(C)Cc2ccc3c(c2)OCCO3)ccc1O. The Morgan fingerprint density at radius 3 is 2.67 bits per heavy atom. The molecule has 0 aromatic heterocycles. The summed E-state index contributed by atoms with van der Waals surface area (Å²) in [5.41, 5.74) is 1.52. The minimum absolute atomic E-state index is 0.00359. The first-order valence-electron chi connectivity index (χ1n) is 9.30. The highest BCUT2D eigenvalue weighted by molar-refractivity contribution is 5.89. The highest BCUT2D eigenvalue weighted by Gasteiger charge is 2.15. The van der Waals surface area contributed by atoms with Crippen molar-refractivity contribution in [2.45, 2.75) is 6.54 Å².